The molecule has 0 fully saturated rings. The van der Waals surface area contributed by atoms with Gasteiger partial charge in [0.25, 0.3) is 5.56 Å². The van der Waals surface area contributed by atoms with Crippen LogP contribution in [0.2, 0.25) is 0 Å². The van der Waals surface area contributed by atoms with Crippen molar-refractivity contribution in [2.45, 2.75) is 32.4 Å². The third-order valence-electron chi connectivity index (χ3n) is 6.93. The molecule has 188 valence electrons. The molecule has 4 aromatic rings. The van der Waals surface area contributed by atoms with Crippen molar-refractivity contribution in [3.8, 4) is 22.8 Å². The predicted molar refractivity (Wildman–Crippen MR) is 139 cm³/mol. The van der Waals surface area contributed by atoms with Gasteiger partial charge < -0.3 is 18.8 Å². The van der Waals surface area contributed by atoms with Crippen LogP contribution in [0.5, 0.6) is 11.5 Å². The Morgan fingerprint density at radius 3 is 2.39 bits per heavy atom. The molecule has 0 amide bonds. The van der Waals surface area contributed by atoms with Crippen LogP contribution in [0.15, 0.2) is 58.1 Å². The topological polar surface area (TPSA) is 76.6 Å². The van der Waals surface area contributed by atoms with Gasteiger partial charge in [-0.25, -0.2) is 4.79 Å². The molecule has 0 aliphatic carbocycles. The molecule has 5 rings (SSSR count). The van der Waals surface area contributed by atoms with Gasteiger partial charge in [0, 0.05) is 19.7 Å². The van der Waals surface area contributed by atoms with Crippen molar-refractivity contribution in [3.63, 3.8) is 0 Å². The van der Waals surface area contributed by atoms with Crippen molar-refractivity contribution in [2.24, 2.45) is 14.1 Å². The second kappa shape index (κ2) is 8.71. The lowest BCUT2D eigenvalue weighted by atomic mass is 9.97. The van der Waals surface area contributed by atoms with Crippen molar-refractivity contribution in [1.29, 1.82) is 0 Å². The number of aryl methyl sites for hydroxylation is 1. The highest BCUT2D eigenvalue weighted by atomic mass is 16.5. The van der Waals surface area contributed by atoms with Crippen molar-refractivity contribution in [3.05, 3.63) is 80.6 Å². The van der Waals surface area contributed by atoms with Crippen LogP contribution >= 0.6 is 0 Å². The van der Waals surface area contributed by atoms with Crippen LogP contribution in [0.3, 0.4) is 0 Å². The zero-order valence-electron chi connectivity index (χ0n) is 21.5. The molecule has 3 heterocycles. The van der Waals surface area contributed by atoms with E-state index in [-0.39, 0.29) is 11.2 Å². The molecule has 8 heteroatoms. The molecule has 0 saturated carbocycles. The Hall–Kier alpha value is -3.78. The first kappa shape index (κ1) is 23.9. The van der Waals surface area contributed by atoms with Crippen LogP contribution < -0.4 is 20.7 Å². The fraction of sp³-hybridized carbons (Fsp3) is 0.357. The summed E-state index contributed by atoms with van der Waals surface area (Å²) in [6.07, 6.45) is -0.534. The van der Waals surface area contributed by atoms with Gasteiger partial charge in [-0.3, -0.25) is 13.9 Å². The maximum Gasteiger partial charge on any atom is 0.331 e. The summed E-state index contributed by atoms with van der Waals surface area (Å²) in [6.45, 7) is 7.01. The monoisotopic (exact) mass is 489 g/mol. The molecule has 1 aliphatic rings. The highest BCUT2D eigenvalue weighted by Gasteiger charge is 2.41. The molecule has 2 aromatic heterocycles. The molecule has 0 bridgehead atoms. The minimum atomic E-state index is -0.534. The van der Waals surface area contributed by atoms with E-state index in [1.807, 2.05) is 55.5 Å². The number of para-hydroxylation sites is 1. The number of aromatic nitrogens is 3. The number of benzene rings is 2. The number of ether oxygens (including phenoxy) is 3. The Balaban J connectivity index is 1.96. The third kappa shape index (κ3) is 3.47. The van der Waals surface area contributed by atoms with E-state index in [0.717, 1.165) is 28.3 Å². The van der Waals surface area contributed by atoms with Gasteiger partial charge in [0.15, 0.2) is 0 Å². The van der Waals surface area contributed by atoms with Crippen molar-refractivity contribution < 1.29 is 14.2 Å². The van der Waals surface area contributed by atoms with Crippen LogP contribution in [0, 0.1) is 0 Å². The van der Waals surface area contributed by atoms with Gasteiger partial charge in [-0.1, -0.05) is 18.2 Å². The molecule has 2 aromatic carbocycles. The summed E-state index contributed by atoms with van der Waals surface area (Å²) < 4.78 is 22.7. The van der Waals surface area contributed by atoms with Crippen LogP contribution in [0.1, 0.15) is 38.1 Å². The highest BCUT2D eigenvalue weighted by Crippen LogP contribution is 2.47. The number of methoxy groups -OCH3 is 1. The Morgan fingerprint density at radius 1 is 1.03 bits per heavy atom. The van der Waals surface area contributed by atoms with E-state index in [9.17, 15) is 9.59 Å². The first-order valence-corrected chi connectivity index (χ1v) is 12.0. The van der Waals surface area contributed by atoms with Gasteiger partial charge in [0.1, 0.15) is 17.6 Å². The summed E-state index contributed by atoms with van der Waals surface area (Å²) in [4.78, 5) is 26.8. The fourth-order valence-electron chi connectivity index (χ4n) is 5.24. The first-order chi connectivity index (χ1) is 17.2. The minimum absolute atomic E-state index is 0.339. The van der Waals surface area contributed by atoms with Gasteiger partial charge in [-0.15, -0.1) is 0 Å². The second-order valence-corrected chi connectivity index (χ2v) is 9.70. The van der Waals surface area contributed by atoms with Gasteiger partial charge in [0.2, 0.25) is 0 Å². The summed E-state index contributed by atoms with van der Waals surface area (Å²) in [7, 11) is 4.84. The molecule has 0 radical (unpaired) electrons. The standard InChI is InChI=1S/C28H31N3O5/c1-7-35-20-11-9-8-10-19(20)25-24-23-21(26(32)30(5)27(33)29(23)4)22(31(24)28(2,3)16-36-25)17-12-14-18(34-6)15-13-17/h8-15,25H,7,16H2,1-6H3. The quantitative estimate of drug-likeness (QED) is 0.424. The van der Waals surface area contributed by atoms with Crippen LogP contribution in [0.25, 0.3) is 22.2 Å². The van der Waals surface area contributed by atoms with Crippen molar-refractivity contribution in [1.82, 2.24) is 13.7 Å². The largest absolute Gasteiger partial charge is 0.497 e. The van der Waals surface area contributed by atoms with Crippen molar-refractivity contribution >= 4 is 10.9 Å². The molecule has 36 heavy (non-hydrogen) atoms. The predicted octanol–water partition coefficient (Wildman–Crippen LogP) is 3.97. The first-order valence-electron chi connectivity index (χ1n) is 12.0. The number of rotatable bonds is 5. The smallest absolute Gasteiger partial charge is 0.331 e. The molecule has 0 N–H and O–H groups in total. The average molecular weight is 490 g/mol. The lowest BCUT2D eigenvalue weighted by molar-refractivity contribution is -0.00816. The summed E-state index contributed by atoms with van der Waals surface area (Å²) in [5.74, 6) is 1.44. The maximum atomic E-state index is 13.7. The SMILES string of the molecule is CCOc1ccccc1C1OCC(C)(C)n2c(-c3ccc(OC)cc3)c3c(=O)n(C)c(=O)n(C)c3c21. The zero-order valence-corrected chi connectivity index (χ0v) is 21.5. The van der Waals surface area contributed by atoms with E-state index in [4.69, 9.17) is 14.2 Å². The summed E-state index contributed by atoms with van der Waals surface area (Å²) in [5, 5.41) is 0.484. The van der Waals surface area contributed by atoms with Gasteiger partial charge in [-0.05, 0) is 56.7 Å². The number of nitrogens with zero attached hydrogens (tertiary/aromatic N) is 3. The normalized spacial score (nSPS) is 16.7. The second-order valence-electron chi connectivity index (χ2n) is 9.70. The molecular formula is C28H31N3O5. The Morgan fingerprint density at radius 2 is 1.72 bits per heavy atom. The number of hydrogen-bond donors (Lipinski definition) is 0. The summed E-state index contributed by atoms with van der Waals surface area (Å²) in [6, 6.07) is 15.4. The van der Waals surface area contributed by atoms with Gasteiger partial charge in [0.05, 0.1) is 48.2 Å². The Kier molecular flexibility index (Phi) is 5.79. The zero-order chi connectivity index (χ0) is 25.8. The lowest BCUT2D eigenvalue weighted by Crippen LogP contribution is -2.40. The van der Waals surface area contributed by atoms with E-state index in [1.54, 1.807) is 18.7 Å². The highest BCUT2D eigenvalue weighted by molar-refractivity contribution is 5.97. The van der Waals surface area contributed by atoms with E-state index in [1.165, 1.54) is 11.6 Å². The molecule has 1 atom stereocenters. The molecule has 0 spiro atoms. The third-order valence-corrected chi connectivity index (χ3v) is 6.93. The van der Waals surface area contributed by atoms with Crippen LogP contribution in [-0.2, 0) is 24.4 Å². The lowest BCUT2D eigenvalue weighted by Gasteiger charge is -2.39. The average Bonchev–Trinajstić information content (AvgIpc) is 3.25. The van der Waals surface area contributed by atoms with E-state index in [2.05, 4.69) is 18.4 Å². The molecule has 8 nitrogen and oxygen atoms in total. The summed E-state index contributed by atoms with van der Waals surface area (Å²) in [5.41, 5.74) is 2.57. The van der Waals surface area contributed by atoms with Crippen molar-refractivity contribution in [2.75, 3.05) is 20.3 Å². The minimum Gasteiger partial charge on any atom is -0.497 e. The molecular weight excluding hydrogens is 458 g/mol. The van der Waals surface area contributed by atoms with Gasteiger partial charge in [-0.2, -0.15) is 0 Å². The molecule has 1 unspecified atom stereocenters. The summed E-state index contributed by atoms with van der Waals surface area (Å²) >= 11 is 0. The van der Waals surface area contributed by atoms with E-state index in [0.29, 0.717) is 29.9 Å². The van der Waals surface area contributed by atoms with Gasteiger partial charge >= 0.3 is 5.69 Å². The fourth-order valence-corrected chi connectivity index (χ4v) is 5.24. The Bertz CT molecular complexity index is 1570. The number of fused-ring (bicyclic) bond motifs is 3. The van der Waals surface area contributed by atoms with E-state index < -0.39 is 11.6 Å². The molecule has 1 aliphatic heterocycles. The van der Waals surface area contributed by atoms with E-state index >= 15 is 0 Å². The number of hydrogen-bond acceptors (Lipinski definition) is 5. The van der Waals surface area contributed by atoms with Crippen LogP contribution in [0.4, 0.5) is 0 Å². The van der Waals surface area contributed by atoms with Crippen LogP contribution in [-0.4, -0.2) is 34.0 Å². The maximum absolute atomic E-state index is 13.7. The molecule has 0 saturated heterocycles. The Labute approximate surface area is 209 Å².